The van der Waals surface area contributed by atoms with Crippen LogP contribution in [0, 0.1) is 20.8 Å². The smallest absolute Gasteiger partial charge is 0.264 e. The van der Waals surface area contributed by atoms with Gasteiger partial charge in [0, 0.05) is 17.1 Å². The fourth-order valence-corrected chi connectivity index (χ4v) is 5.78. The highest BCUT2D eigenvalue weighted by Gasteiger charge is 2.34. The maximum absolute atomic E-state index is 14.1. The monoisotopic (exact) mass is 583 g/mol. The summed E-state index contributed by atoms with van der Waals surface area (Å²) in [5.41, 5.74) is 3.13. The molecule has 3 rings (SSSR count). The molecule has 1 N–H and O–H groups in total. The van der Waals surface area contributed by atoms with Crippen molar-refractivity contribution in [2.45, 2.75) is 71.5 Å². The average Bonchev–Trinajstić information content (AvgIpc) is 2.87. The molecule has 0 aliphatic carbocycles. The predicted octanol–water partition coefficient (Wildman–Crippen LogP) is 5.79. The molecular formula is C31H38ClN3O4S. The fourth-order valence-electron chi connectivity index (χ4n) is 4.18. The highest BCUT2D eigenvalue weighted by molar-refractivity contribution is 7.92. The van der Waals surface area contributed by atoms with E-state index in [-0.39, 0.29) is 17.3 Å². The molecule has 3 aromatic rings. The molecule has 0 aliphatic heterocycles. The van der Waals surface area contributed by atoms with Crippen molar-refractivity contribution in [3.05, 3.63) is 94.0 Å². The van der Waals surface area contributed by atoms with Crippen molar-refractivity contribution in [3.8, 4) is 0 Å². The summed E-state index contributed by atoms with van der Waals surface area (Å²) >= 11 is 6.06. The number of nitrogens with zero attached hydrogens (tertiary/aromatic N) is 2. The third kappa shape index (κ3) is 7.86. The van der Waals surface area contributed by atoms with Crippen LogP contribution in [0.2, 0.25) is 5.02 Å². The van der Waals surface area contributed by atoms with Crippen molar-refractivity contribution < 1.29 is 18.0 Å². The van der Waals surface area contributed by atoms with Crippen LogP contribution >= 0.6 is 11.6 Å². The van der Waals surface area contributed by atoms with Gasteiger partial charge in [-0.05, 0) is 95.5 Å². The van der Waals surface area contributed by atoms with Gasteiger partial charge >= 0.3 is 0 Å². The minimum atomic E-state index is -4.12. The van der Waals surface area contributed by atoms with Crippen LogP contribution in [0.1, 0.15) is 49.9 Å². The number of rotatable bonds is 9. The lowest BCUT2D eigenvalue weighted by Gasteiger charge is -2.34. The summed E-state index contributed by atoms with van der Waals surface area (Å²) in [4.78, 5) is 28.7. The number of halogens is 1. The minimum absolute atomic E-state index is 0.0783. The first-order valence-electron chi connectivity index (χ1n) is 13.1. The number of hydrogen-bond acceptors (Lipinski definition) is 4. The first kappa shape index (κ1) is 31.2. The number of nitrogens with one attached hydrogen (secondary N) is 1. The van der Waals surface area contributed by atoms with Crippen LogP contribution < -0.4 is 9.62 Å². The Morgan fingerprint density at radius 2 is 1.48 bits per heavy atom. The zero-order valence-corrected chi connectivity index (χ0v) is 25.7. The molecule has 0 aromatic heterocycles. The molecule has 214 valence electrons. The lowest BCUT2D eigenvalue weighted by Crippen LogP contribution is -2.54. The maximum atomic E-state index is 14.1. The number of aryl methyl sites for hydroxylation is 3. The Hall–Kier alpha value is -3.36. The van der Waals surface area contributed by atoms with Gasteiger partial charge in [-0.1, -0.05) is 53.6 Å². The molecule has 9 heteroatoms. The summed E-state index contributed by atoms with van der Waals surface area (Å²) in [5.74, 6) is -0.849. The van der Waals surface area contributed by atoms with Gasteiger partial charge in [0.05, 0.1) is 10.6 Å². The van der Waals surface area contributed by atoms with Crippen molar-refractivity contribution in [2.24, 2.45) is 0 Å². The van der Waals surface area contributed by atoms with E-state index in [9.17, 15) is 18.0 Å². The molecule has 0 heterocycles. The summed E-state index contributed by atoms with van der Waals surface area (Å²) in [5, 5.41) is 3.47. The Balaban J connectivity index is 2.08. The van der Waals surface area contributed by atoms with Crippen LogP contribution in [-0.2, 0) is 26.2 Å². The second-order valence-corrected chi connectivity index (χ2v) is 13.5. The Kier molecular flexibility index (Phi) is 9.69. The Bertz CT molecular complexity index is 1460. The van der Waals surface area contributed by atoms with Gasteiger partial charge in [0.1, 0.15) is 12.6 Å². The fraction of sp³-hybridized carbons (Fsp3) is 0.355. The SMILES string of the molecule is Cc1ccc(S(=O)(=O)N(CC(=O)N(Cc2ccc(Cl)cc2)C(C)C(=O)NC(C)(C)C)c2cc(C)ccc2C)cc1. The van der Waals surface area contributed by atoms with E-state index in [1.807, 2.05) is 53.7 Å². The zero-order valence-electron chi connectivity index (χ0n) is 24.2. The molecule has 0 bridgehead atoms. The Labute approximate surface area is 243 Å². The third-order valence-corrected chi connectivity index (χ3v) is 8.48. The topological polar surface area (TPSA) is 86.8 Å². The van der Waals surface area contributed by atoms with Crippen LogP contribution in [0.15, 0.2) is 71.6 Å². The second-order valence-electron chi connectivity index (χ2n) is 11.2. The summed E-state index contributed by atoms with van der Waals surface area (Å²) in [6, 6.07) is 18.1. The molecule has 0 saturated carbocycles. The second kappa shape index (κ2) is 12.4. The third-order valence-electron chi connectivity index (χ3n) is 6.45. The van der Waals surface area contributed by atoms with Gasteiger partial charge in [-0.2, -0.15) is 0 Å². The first-order chi connectivity index (χ1) is 18.6. The summed E-state index contributed by atoms with van der Waals surface area (Å²) in [6.07, 6.45) is 0. The molecule has 3 aromatic carbocycles. The van der Waals surface area contributed by atoms with Gasteiger partial charge in [0.25, 0.3) is 10.0 Å². The van der Waals surface area contributed by atoms with Crippen molar-refractivity contribution in [3.63, 3.8) is 0 Å². The molecule has 0 radical (unpaired) electrons. The molecule has 40 heavy (non-hydrogen) atoms. The van der Waals surface area contributed by atoms with Crippen LogP contribution in [-0.4, -0.2) is 43.3 Å². The highest BCUT2D eigenvalue weighted by atomic mass is 35.5. The molecule has 0 fully saturated rings. The molecule has 0 aliphatic rings. The van der Waals surface area contributed by atoms with Gasteiger partial charge in [0.15, 0.2) is 0 Å². The standard InChI is InChI=1S/C31H38ClN3O4S/c1-21-9-16-27(17-10-21)40(38,39)35(28-18-22(2)8-11-23(28)3)20-29(36)34(19-25-12-14-26(32)15-13-25)24(4)30(37)33-31(5,6)7/h8-18,24H,19-20H2,1-7H3,(H,33,37). The molecule has 1 unspecified atom stereocenters. The van der Waals surface area contributed by atoms with Gasteiger partial charge < -0.3 is 10.2 Å². The molecule has 0 saturated heterocycles. The van der Waals surface area contributed by atoms with Gasteiger partial charge in [-0.15, -0.1) is 0 Å². The van der Waals surface area contributed by atoms with Crippen LogP contribution in [0.3, 0.4) is 0 Å². The molecule has 2 amide bonds. The van der Waals surface area contributed by atoms with E-state index in [1.54, 1.807) is 49.4 Å². The van der Waals surface area contributed by atoms with E-state index in [1.165, 1.54) is 17.0 Å². The number of sulfonamides is 1. The minimum Gasteiger partial charge on any atom is -0.350 e. The van der Waals surface area contributed by atoms with Gasteiger partial charge in [0.2, 0.25) is 11.8 Å². The Morgan fingerprint density at radius 1 is 0.900 bits per heavy atom. The lowest BCUT2D eigenvalue weighted by atomic mass is 10.1. The lowest BCUT2D eigenvalue weighted by molar-refractivity contribution is -0.140. The van der Waals surface area contributed by atoms with Gasteiger partial charge in [-0.3, -0.25) is 13.9 Å². The van der Waals surface area contributed by atoms with E-state index in [0.29, 0.717) is 16.3 Å². The molecule has 1 atom stereocenters. The Morgan fingerprint density at radius 3 is 2.05 bits per heavy atom. The predicted molar refractivity (Wildman–Crippen MR) is 161 cm³/mol. The van der Waals surface area contributed by atoms with E-state index in [4.69, 9.17) is 11.6 Å². The molecular weight excluding hydrogens is 546 g/mol. The van der Waals surface area contributed by atoms with Crippen molar-refractivity contribution in [1.29, 1.82) is 0 Å². The van der Waals surface area contributed by atoms with E-state index in [2.05, 4.69) is 5.32 Å². The van der Waals surface area contributed by atoms with E-state index >= 15 is 0 Å². The normalized spacial score (nSPS) is 12.5. The van der Waals surface area contributed by atoms with Crippen LogP contribution in [0.4, 0.5) is 5.69 Å². The number of amides is 2. The van der Waals surface area contributed by atoms with Gasteiger partial charge in [-0.25, -0.2) is 8.42 Å². The number of hydrogen-bond donors (Lipinski definition) is 1. The van der Waals surface area contributed by atoms with Crippen molar-refractivity contribution in [1.82, 2.24) is 10.2 Å². The van der Waals surface area contributed by atoms with Crippen LogP contribution in [0.5, 0.6) is 0 Å². The van der Waals surface area contributed by atoms with E-state index in [0.717, 1.165) is 21.0 Å². The zero-order chi connectivity index (χ0) is 29.8. The quantitative estimate of drug-likeness (QED) is 0.345. The van der Waals surface area contributed by atoms with Crippen molar-refractivity contribution >= 4 is 39.1 Å². The number of benzene rings is 3. The van der Waals surface area contributed by atoms with E-state index < -0.39 is 34.1 Å². The number of carbonyl (C=O) groups excluding carboxylic acids is 2. The average molecular weight is 584 g/mol. The van der Waals surface area contributed by atoms with Crippen molar-refractivity contribution in [2.75, 3.05) is 10.8 Å². The number of carbonyl (C=O) groups is 2. The largest absolute Gasteiger partial charge is 0.350 e. The summed E-state index contributed by atoms with van der Waals surface area (Å²) in [7, 11) is -4.12. The molecule has 0 spiro atoms. The highest BCUT2D eigenvalue weighted by Crippen LogP contribution is 2.29. The molecule has 7 nitrogen and oxygen atoms in total. The summed E-state index contributed by atoms with van der Waals surface area (Å²) < 4.78 is 29.2. The number of anilines is 1. The maximum Gasteiger partial charge on any atom is 0.264 e. The summed E-state index contributed by atoms with van der Waals surface area (Å²) in [6.45, 7) is 12.4. The first-order valence-corrected chi connectivity index (χ1v) is 14.9. The van der Waals surface area contributed by atoms with Crippen LogP contribution in [0.25, 0.3) is 0 Å².